The summed E-state index contributed by atoms with van der Waals surface area (Å²) in [5.41, 5.74) is -0.761. The van der Waals surface area contributed by atoms with Crippen molar-refractivity contribution in [3.8, 4) is 6.07 Å². The van der Waals surface area contributed by atoms with Crippen LogP contribution in [0.15, 0.2) is 0 Å². The molecule has 5 nitrogen and oxygen atoms in total. The van der Waals surface area contributed by atoms with Crippen molar-refractivity contribution < 1.29 is 14.6 Å². The Balaban J connectivity index is 1.83. The van der Waals surface area contributed by atoms with Crippen molar-refractivity contribution in [1.82, 2.24) is 4.90 Å². The van der Waals surface area contributed by atoms with Gasteiger partial charge < -0.3 is 14.7 Å². The maximum absolute atomic E-state index is 12.7. The van der Waals surface area contributed by atoms with Crippen molar-refractivity contribution >= 4 is 5.91 Å². The molecule has 1 aliphatic carbocycles. The molecule has 1 amide bonds. The maximum Gasteiger partial charge on any atom is 0.243 e. The van der Waals surface area contributed by atoms with Crippen LogP contribution in [0.5, 0.6) is 0 Å². The van der Waals surface area contributed by atoms with Crippen LogP contribution in [0.4, 0.5) is 0 Å². The van der Waals surface area contributed by atoms with Gasteiger partial charge in [0.05, 0.1) is 12.2 Å². The van der Waals surface area contributed by atoms with Crippen molar-refractivity contribution in [2.75, 3.05) is 26.3 Å². The van der Waals surface area contributed by atoms with Crippen molar-refractivity contribution in [2.45, 2.75) is 57.5 Å². The van der Waals surface area contributed by atoms with Crippen LogP contribution < -0.4 is 0 Å². The number of carbonyl (C=O) groups excluding carboxylic acids is 1. The molecule has 0 atom stereocenters. The number of nitriles is 1. The SMILES string of the molecule is N#CC1(C(=O)N2CCC(OCCCO)CC2)CCCCC1. The molecule has 1 saturated heterocycles. The topological polar surface area (TPSA) is 73.6 Å². The van der Waals surface area contributed by atoms with Crippen molar-refractivity contribution in [2.24, 2.45) is 5.41 Å². The highest BCUT2D eigenvalue weighted by atomic mass is 16.5. The number of rotatable bonds is 5. The molecular formula is C16H26N2O3. The summed E-state index contributed by atoms with van der Waals surface area (Å²) in [5, 5.41) is 18.2. The van der Waals surface area contributed by atoms with Crippen LogP contribution in [-0.2, 0) is 9.53 Å². The molecule has 21 heavy (non-hydrogen) atoms. The van der Waals surface area contributed by atoms with Crippen LogP contribution in [0.2, 0.25) is 0 Å². The van der Waals surface area contributed by atoms with Gasteiger partial charge in [-0.15, -0.1) is 0 Å². The summed E-state index contributed by atoms with van der Waals surface area (Å²) in [7, 11) is 0. The number of ether oxygens (including phenoxy) is 1. The molecule has 5 heteroatoms. The zero-order valence-electron chi connectivity index (χ0n) is 12.7. The summed E-state index contributed by atoms with van der Waals surface area (Å²) in [6, 6.07) is 2.32. The molecule has 1 saturated carbocycles. The predicted octanol–water partition coefficient (Wildman–Crippen LogP) is 1.85. The van der Waals surface area contributed by atoms with Crippen molar-refractivity contribution in [3.63, 3.8) is 0 Å². The summed E-state index contributed by atoms with van der Waals surface area (Å²) in [6.45, 7) is 2.11. The average molecular weight is 294 g/mol. The fourth-order valence-corrected chi connectivity index (χ4v) is 3.37. The molecule has 2 rings (SSSR count). The molecule has 0 spiro atoms. The van der Waals surface area contributed by atoms with Gasteiger partial charge in [0.1, 0.15) is 5.41 Å². The van der Waals surface area contributed by atoms with E-state index in [2.05, 4.69) is 6.07 Å². The molecule has 2 fully saturated rings. The standard InChI is InChI=1S/C16H26N2O3/c17-13-16(7-2-1-3-8-16)15(20)18-9-5-14(6-10-18)21-12-4-11-19/h14,19H,1-12H2. The number of piperidine rings is 1. The number of likely N-dealkylation sites (tertiary alicyclic amines) is 1. The number of hydrogen-bond donors (Lipinski definition) is 1. The van der Waals surface area contributed by atoms with Crippen molar-refractivity contribution in [3.05, 3.63) is 0 Å². The molecule has 0 aromatic rings. The van der Waals surface area contributed by atoms with E-state index in [1.54, 1.807) is 0 Å². The Bertz CT molecular complexity index is 377. The lowest BCUT2D eigenvalue weighted by Crippen LogP contribution is -2.48. The van der Waals surface area contributed by atoms with E-state index in [4.69, 9.17) is 9.84 Å². The van der Waals surface area contributed by atoms with Gasteiger partial charge in [0.25, 0.3) is 0 Å². The average Bonchev–Trinajstić information content (AvgIpc) is 2.56. The van der Waals surface area contributed by atoms with Crippen LogP contribution in [0.25, 0.3) is 0 Å². The third kappa shape index (κ3) is 3.96. The lowest BCUT2D eigenvalue weighted by atomic mass is 9.74. The summed E-state index contributed by atoms with van der Waals surface area (Å²) >= 11 is 0. The van der Waals surface area contributed by atoms with Crippen LogP contribution >= 0.6 is 0 Å². The van der Waals surface area contributed by atoms with E-state index in [1.165, 1.54) is 0 Å². The molecule has 2 aliphatic rings. The minimum Gasteiger partial charge on any atom is -0.396 e. The first-order valence-corrected chi connectivity index (χ1v) is 8.15. The summed E-state index contributed by atoms with van der Waals surface area (Å²) in [4.78, 5) is 14.6. The molecule has 0 radical (unpaired) electrons. The Morgan fingerprint density at radius 2 is 1.95 bits per heavy atom. The highest BCUT2D eigenvalue weighted by Crippen LogP contribution is 2.38. The van der Waals surface area contributed by atoms with E-state index < -0.39 is 5.41 Å². The Morgan fingerprint density at radius 1 is 1.29 bits per heavy atom. The van der Waals surface area contributed by atoms with Crippen LogP contribution in [0.3, 0.4) is 0 Å². The minimum absolute atomic E-state index is 0.0403. The summed E-state index contributed by atoms with van der Waals surface area (Å²) in [6.07, 6.45) is 7.06. The lowest BCUT2D eigenvalue weighted by Gasteiger charge is -2.38. The molecular weight excluding hydrogens is 268 g/mol. The van der Waals surface area contributed by atoms with Gasteiger partial charge in [-0.05, 0) is 32.1 Å². The normalized spacial score (nSPS) is 22.8. The first-order valence-electron chi connectivity index (χ1n) is 8.15. The smallest absolute Gasteiger partial charge is 0.243 e. The number of hydrogen-bond acceptors (Lipinski definition) is 4. The number of aliphatic hydroxyl groups is 1. The molecule has 0 bridgehead atoms. The number of nitrogens with zero attached hydrogens (tertiary/aromatic N) is 2. The van der Waals surface area contributed by atoms with Crippen LogP contribution in [0, 0.1) is 16.7 Å². The third-order valence-electron chi connectivity index (χ3n) is 4.72. The Kier molecular flexibility index (Phi) is 6.01. The second-order valence-electron chi connectivity index (χ2n) is 6.19. The predicted molar refractivity (Wildman–Crippen MR) is 78.4 cm³/mol. The highest BCUT2D eigenvalue weighted by molar-refractivity contribution is 5.85. The van der Waals surface area contributed by atoms with Gasteiger partial charge >= 0.3 is 0 Å². The van der Waals surface area contributed by atoms with Gasteiger partial charge in [0.2, 0.25) is 5.91 Å². The highest BCUT2D eigenvalue weighted by Gasteiger charge is 2.43. The van der Waals surface area contributed by atoms with Crippen LogP contribution in [0.1, 0.15) is 51.4 Å². The fraction of sp³-hybridized carbons (Fsp3) is 0.875. The second kappa shape index (κ2) is 7.77. The first-order chi connectivity index (χ1) is 10.2. The van der Waals surface area contributed by atoms with E-state index in [9.17, 15) is 10.1 Å². The van der Waals surface area contributed by atoms with E-state index >= 15 is 0 Å². The van der Waals surface area contributed by atoms with Gasteiger partial charge in [-0.3, -0.25) is 4.79 Å². The Labute approximate surface area is 126 Å². The monoisotopic (exact) mass is 294 g/mol. The summed E-state index contributed by atoms with van der Waals surface area (Å²) < 4.78 is 5.69. The van der Waals surface area contributed by atoms with Gasteiger partial charge in [-0.2, -0.15) is 5.26 Å². The Morgan fingerprint density at radius 3 is 2.52 bits per heavy atom. The second-order valence-corrected chi connectivity index (χ2v) is 6.19. The van der Waals surface area contributed by atoms with E-state index in [0.717, 1.165) is 44.9 Å². The zero-order chi connectivity index (χ0) is 15.1. The molecule has 118 valence electrons. The number of amides is 1. The van der Waals surface area contributed by atoms with Gasteiger partial charge in [0.15, 0.2) is 0 Å². The lowest BCUT2D eigenvalue weighted by molar-refractivity contribution is -0.143. The third-order valence-corrected chi connectivity index (χ3v) is 4.72. The first kappa shape index (κ1) is 16.3. The van der Waals surface area contributed by atoms with E-state index in [0.29, 0.717) is 26.1 Å². The molecule has 1 N–H and O–H groups in total. The van der Waals surface area contributed by atoms with Crippen molar-refractivity contribution in [1.29, 1.82) is 5.26 Å². The molecule has 0 aromatic heterocycles. The van der Waals surface area contributed by atoms with E-state index in [1.807, 2.05) is 4.90 Å². The zero-order valence-corrected chi connectivity index (χ0v) is 12.7. The fourth-order valence-electron chi connectivity index (χ4n) is 3.37. The minimum atomic E-state index is -0.761. The van der Waals surface area contributed by atoms with Gasteiger partial charge in [0, 0.05) is 26.3 Å². The summed E-state index contributed by atoms with van der Waals surface area (Å²) in [5.74, 6) is 0.0403. The van der Waals surface area contributed by atoms with E-state index in [-0.39, 0.29) is 18.6 Å². The molecule has 1 heterocycles. The molecule has 0 aromatic carbocycles. The largest absolute Gasteiger partial charge is 0.396 e. The number of aliphatic hydroxyl groups excluding tert-OH is 1. The Hall–Kier alpha value is -1.12. The van der Waals surface area contributed by atoms with Crippen LogP contribution in [-0.4, -0.2) is 48.3 Å². The quantitative estimate of drug-likeness (QED) is 0.785. The van der Waals surface area contributed by atoms with Gasteiger partial charge in [-0.25, -0.2) is 0 Å². The molecule has 1 aliphatic heterocycles. The number of carbonyl (C=O) groups is 1. The maximum atomic E-state index is 12.7. The van der Waals surface area contributed by atoms with Gasteiger partial charge in [-0.1, -0.05) is 19.3 Å². The molecule has 0 unspecified atom stereocenters.